The normalized spacial score (nSPS) is 19.4. The molecule has 25 heavy (non-hydrogen) atoms. The van der Waals surface area contributed by atoms with Crippen LogP contribution in [-0.4, -0.2) is 28.9 Å². The van der Waals surface area contributed by atoms with Gasteiger partial charge in [0.15, 0.2) is 0 Å². The Labute approximate surface area is 151 Å². The van der Waals surface area contributed by atoms with Crippen LogP contribution in [0.25, 0.3) is 0 Å². The summed E-state index contributed by atoms with van der Waals surface area (Å²) in [4.78, 5) is 14.9. The number of aryl methyl sites for hydroxylation is 1. The standard InChI is InChI=1S/C21H29N3O/c1-2-17-6-8-18(9-7-17)14-24(19-10-11-19)15-20(25)23-21(16-22)12-4-3-5-13-21/h6-9,19H,2-5,10-15H2,1H3,(H,23,25). The summed E-state index contributed by atoms with van der Waals surface area (Å²) in [5, 5.41) is 12.6. The van der Waals surface area contributed by atoms with Gasteiger partial charge in [-0.1, -0.05) is 50.5 Å². The van der Waals surface area contributed by atoms with E-state index in [0.717, 1.165) is 38.6 Å². The van der Waals surface area contributed by atoms with Gasteiger partial charge in [-0.15, -0.1) is 0 Å². The number of hydrogen-bond donors (Lipinski definition) is 1. The Kier molecular flexibility index (Phi) is 5.75. The van der Waals surface area contributed by atoms with Crippen LogP contribution >= 0.6 is 0 Å². The van der Waals surface area contributed by atoms with Crippen LogP contribution in [0.2, 0.25) is 0 Å². The zero-order valence-corrected chi connectivity index (χ0v) is 15.3. The van der Waals surface area contributed by atoms with E-state index in [0.29, 0.717) is 12.6 Å². The molecule has 4 heteroatoms. The zero-order chi connectivity index (χ0) is 17.7. The minimum atomic E-state index is -0.632. The highest BCUT2D eigenvalue weighted by atomic mass is 16.2. The molecule has 0 unspecified atom stereocenters. The van der Waals surface area contributed by atoms with E-state index in [1.165, 1.54) is 30.4 Å². The average Bonchev–Trinajstić information content (AvgIpc) is 3.47. The molecule has 2 fully saturated rings. The summed E-state index contributed by atoms with van der Waals surface area (Å²) in [6, 6.07) is 11.6. The van der Waals surface area contributed by atoms with E-state index in [1.807, 2.05) is 0 Å². The Morgan fingerprint density at radius 1 is 1.20 bits per heavy atom. The van der Waals surface area contributed by atoms with Crippen molar-refractivity contribution in [1.82, 2.24) is 10.2 Å². The highest BCUT2D eigenvalue weighted by Crippen LogP contribution is 2.30. The lowest BCUT2D eigenvalue weighted by atomic mass is 9.83. The smallest absolute Gasteiger partial charge is 0.235 e. The van der Waals surface area contributed by atoms with Gasteiger partial charge in [0.1, 0.15) is 5.54 Å². The molecule has 3 rings (SSSR count). The number of nitrogens with one attached hydrogen (secondary N) is 1. The molecule has 2 aliphatic carbocycles. The first-order valence-corrected chi connectivity index (χ1v) is 9.68. The second kappa shape index (κ2) is 8.01. The van der Waals surface area contributed by atoms with Gasteiger partial charge in [0, 0.05) is 12.6 Å². The molecule has 4 nitrogen and oxygen atoms in total. The fraction of sp³-hybridized carbons (Fsp3) is 0.619. The van der Waals surface area contributed by atoms with Crippen LogP contribution in [0, 0.1) is 11.3 Å². The summed E-state index contributed by atoms with van der Waals surface area (Å²) < 4.78 is 0. The van der Waals surface area contributed by atoms with E-state index in [9.17, 15) is 10.1 Å². The highest BCUT2D eigenvalue weighted by molar-refractivity contribution is 5.79. The van der Waals surface area contributed by atoms with E-state index in [1.54, 1.807) is 0 Å². The lowest BCUT2D eigenvalue weighted by Crippen LogP contribution is -2.51. The molecule has 0 aromatic heterocycles. The first-order valence-electron chi connectivity index (χ1n) is 9.68. The van der Waals surface area contributed by atoms with Gasteiger partial charge in [-0.05, 0) is 43.2 Å². The third-order valence-electron chi connectivity index (χ3n) is 5.53. The topological polar surface area (TPSA) is 56.1 Å². The molecule has 0 aliphatic heterocycles. The van der Waals surface area contributed by atoms with Crippen molar-refractivity contribution in [2.75, 3.05) is 6.54 Å². The molecular weight excluding hydrogens is 310 g/mol. The molecule has 1 amide bonds. The van der Waals surface area contributed by atoms with E-state index in [-0.39, 0.29) is 5.91 Å². The van der Waals surface area contributed by atoms with E-state index in [4.69, 9.17) is 0 Å². The van der Waals surface area contributed by atoms with Gasteiger partial charge in [0.05, 0.1) is 12.6 Å². The van der Waals surface area contributed by atoms with Gasteiger partial charge in [0.2, 0.25) is 5.91 Å². The van der Waals surface area contributed by atoms with Crippen molar-refractivity contribution in [3.63, 3.8) is 0 Å². The van der Waals surface area contributed by atoms with Crippen molar-refractivity contribution in [1.29, 1.82) is 5.26 Å². The van der Waals surface area contributed by atoms with Crippen LogP contribution in [0.3, 0.4) is 0 Å². The predicted octanol–water partition coefficient (Wildman–Crippen LogP) is 3.56. The van der Waals surface area contributed by atoms with Crippen molar-refractivity contribution >= 4 is 5.91 Å². The minimum absolute atomic E-state index is 0.000489. The molecule has 1 N–H and O–H groups in total. The quantitative estimate of drug-likeness (QED) is 0.826. The SMILES string of the molecule is CCc1ccc(CN(CC(=O)NC2(C#N)CCCCC2)C2CC2)cc1. The lowest BCUT2D eigenvalue weighted by Gasteiger charge is -2.32. The third kappa shape index (κ3) is 4.83. The number of benzene rings is 1. The molecule has 2 saturated carbocycles. The van der Waals surface area contributed by atoms with Crippen molar-refractivity contribution < 1.29 is 4.79 Å². The minimum Gasteiger partial charge on any atom is -0.337 e. The van der Waals surface area contributed by atoms with Gasteiger partial charge in [-0.2, -0.15) is 5.26 Å². The van der Waals surface area contributed by atoms with Crippen LogP contribution < -0.4 is 5.32 Å². The molecule has 0 spiro atoms. The summed E-state index contributed by atoms with van der Waals surface area (Å²) in [5.41, 5.74) is 1.96. The second-order valence-electron chi connectivity index (χ2n) is 7.61. The van der Waals surface area contributed by atoms with E-state index >= 15 is 0 Å². The number of amides is 1. The molecule has 0 radical (unpaired) electrons. The van der Waals surface area contributed by atoms with Gasteiger partial charge in [-0.3, -0.25) is 9.69 Å². The number of nitriles is 1. The van der Waals surface area contributed by atoms with Gasteiger partial charge < -0.3 is 5.32 Å². The average molecular weight is 339 g/mol. The van der Waals surface area contributed by atoms with Crippen LogP contribution in [-0.2, 0) is 17.8 Å². The molecule has 2 aliphatic rings. The third-order valence-corrected chi connectivity index (χ3v) is 5.53. The first kappa shape index (κ1) is 17.9. The van der Waals surface area contributed by atoms with Crippen LogP contribution in [0.1, 0.15) is 63.0 Å². The van der Waals surface area contributed by atoms with Gasteiger partial charge >= 0.3 is 0 Å². The Morgan fingerprint density at radius 3 is 2.40 bits per heavy atom. The molecule has 1 aromatic carbocycles. The van der Waals surface area contributed by atoms with Gasteiger partial charge in [0.25, 0.3) is 0 Å². The van der Waals surface area contributed by atoms with Crippen molar-refractivity contribution in [2.45, 2.75) is 76.4 Å². The van der Waals surface area contributed by atoms with Crippen LogP contribution in [0.4, 0.5) is 0 Å². The monoisotopic (exact) mass is 339 g/mol. The lowest BCUT2D eigenvalue weighted by molar-refractivity contribution is -0.124. The fourth-order valence-corrected chi connectivity index (χ4v) is 3.78. The highest BCUT2D eigenvalue weighted by Gasteiger charge is 2.35. The van der Waals surface area contributed by atoms with Crippen LogP contribution in [0.15, 0.2) is 24.3 Å². The maximum absolute atomic E-state index is 12.6. The first-order chi connectivity index (χ1) is 12.1. The van der Waals surface area contributed by atoms with Crippen molar-refractivity contribution in [2.24, 2.45) is 0 Å². The van der Waals surface area contributed by atoms with Crippen molar-refractivity contribution in [3.8, 4) is 6.07 Å². The zero-order valence-electron chi connectivity index (χ0n) is 15.3. The Morgan fingerprint density at radius 2 is 1.84 bits per heavy atom. The Bertz CT molecular complexity index is 622. The number of nitrogens with zero attached hydrogens (tertiary/aromatic N) is 2. The van der Waals surface area contributed by atoms with Crippen molar-refractivity contribution in [3.05, 3.63) is 35.4 Å². The van der Waals surface area contributed by atoms with Crippen LogP contribution in [0.5, 0.6) is 0 Å². The number of carbonyl (C=O) groups excluding carboxylic acids is 1. The Balaban J connectivity index is 1.59. The number of hydrogen-bond acceptors (Lipinski definition) is 3. The molecule has 134 valence electrons. The number of rotatable bonds is 7. The molecular formula is C21H29N3O. The molecule has 0 heterocycles. The van der Waals surface area contributed by atoms with Gasteiger partial charge in [-0.25, -0.2) is 0 Å². The molecule has 0 atom stereocenters. The summed E-state index contributed by atoms with van der Waals surface area (Å²) >= 11 is 0. The Hall–Kier alpha value is -1.86. The summed E-state index contributed by atoms with van der Waals surface area (Å²) in [5.74, 6) is 0.000489. The summed E-state index contributed by atoms with van der Waals surface area (Å²) in [7, 11) is 0. The second-order valence-corrected chi connectivity index (χ2v) is 7.61. The maximum Gasteiger partial charge on any atom is 0.235 e. The largest absolute Gasteiger partial charge is 0.337 e. The fourth-order valence-electron chi connectivity index (χ4n) is 3.78. The predicted molar refractivity (Wildman–Crippen MR) is 98.8 cm³/mol. The van der Waals surface area contributed by atoms with E-state index in [2.05, 4.69) is 47.5 Å². The number of carbonyl (C=O) groups is 1. The van der Waals surface area contributed by atoms with E-state index < -0.39 is 5.54 Å². The summed E-state index contributed by atoms with van der Waals surface area (Å²) in [6.45, 7) is 3.36. The molecule has 1 aromatic rings. The molecule has 0 bridgehead atoms. The maximum atomic E-state index is 12.6. The molecule has 0 saturated heterocycles. The summed E-state index contributed by atoms with van der Waals surface area (Å²) in [6.07, 6.45) is 8.20.